The van der Waals surface area contributed by atoms with Crippen LogP contribution >= 0.6 is 0 Å². The van der Waals surface area contributed by atoms with E-state index >= 15 is 0 Å². The van der Waals surface area contributed by atoms with E-state index in [0.29, 0.717) is 6.42 Å². The van der Waals surface area contributed by atoms with Gasteiger partial charge in [0.05, 0.1) is 6.61 Å². The Kier molecular flexibility index (Phi) is 6.40. The molecule has 0 aliphatic rings. The molecular weight excluding hydrogens is 268 g/mol. The molecule has 1 aromatic carbocycles. The molecule has 2 unspecified atom stereocenters. The highest BCUT2D eigenvalue weighted by molar-refractivity contribution is 5.99. The Morgan fingerprint density at radius 3 is 2.33 bits per heavy atom. The highest BCUT2D eigenvalue weighted by Crippen LogP contribution is 2.37. The first kappa shape index (κ1) is 17.2. The largest absolute Gasteiger partial charge is 0.480 e. The monoisotopic (exact) mass is 292 g/mol. The van der Waals surface area contributed by atoms with Crippen molar-refractivity contribution in [3.8, 4) is 0 Å². The SMILES string of the molecule is CCCC(C)C(Cc1ccccc1)(C(=O)O)C(=O)OCC. The summed E-state index contributed by atoms with van der Waals surface area (Å²) in [7, 11) is 0. The minimum absolute atomic E-state index is 0.156. The van der Waals surface area contributed by atoms with Crippen LogP contribution in [0.5, 0.6) is 0 Å². The number of carbonyl (C=O) groups excluding carboxylic acids is 1. The number of carboxylic acids is 1. The van der Waals surface area contributed by atoms with Crippen LogP contribution in [0, 0.1) is 11.3 Å². The van der Waals surface area contributed by atoms with Crippen LogP contribution in [0.25, 0.3) is 0 Å². The Morgan fingerprint density at radius 2 is 1.86 bits per heavy atom. The van der Waals surface area contributed by atoms with Crippen LogP contribution in [0.1, 0.15) is 39.2 Å². The number of benzene rings is 1. The van der Waals surface area contributed by atoms with Gasteiger partial charge in [-0.1, -0.05) is 50.6 Å². The Balaban J connectivity index is 3.23. The predicted molar refractivity (Wildman–Crippen MR) is 80.9 cm³/mol. The van der Waals surface area contributed by atoms with Crippen LogP contribution < -0.4 is 0 Å². The zero-order chi connectivity index (χ0) is 15.9. The standard InChI is InChI=1S/C17H24O4/c1-4-9-13(3)17(15(18)19,16(20)21-5-2)12-14-10-7-6-8-11-14/h6-8,10-11,13H,4-5,9,12H2,1-3H3,(H,18,19). The fraction of sp³-hybridized carbons (Fsp3) is 0.529. The summed E-state index contributed by atoms with van der Waals surface area (Å²) in [5, 5.41) is 9.78. The number of carboxylic acid groups (broad SMARTS) is 1. The fourth-order valence-corrected chi connectivity index (χ4v) is 2.68. The zero-order valence-electron chi connectivity index (χ0n) is 13.0. The minimum Gasteiger partial charge on any atom is -0.480 e. The number of rotatable bonds is 8. The molecule has 21 heavy (non-hydrogen) atoms. The Labute approximate surface area is 126 Å². The molecular formula is C17H24O4. The molecule has 0 heterocycles. The van der Waals surface area contributed by atoms with E-state index in [1.165, 1.54) is 0 Å². The number of hydrogen-bond acceptors (Lipinski definition) is 3. The summed E-state index contributed by atoms with van der Waals surface area (Å²) in [6.07, 6.45) is 1.64. The minimum atomic E-state index is -1.52. The Morgan fingerprint density at radius 1 is 1.24 bits per heavy atom. The second-order valence-electron chi connectivity index (χ2n) is 5.35. The Bertz CT molecular complexity index is 469. The third kappa shape index (κ3) is 3.84. The number of aliphatic carboxylic acids is 1. The van der Waals surface area contributed by atoms with Gasteiger partial charge in [0.1, 0.15) is 0 Å². The Hall–Kier alpha value is -1.84. The van der Waals surface area contributed by atoms with Gasteiger partial charge in [0, 0.05) is 0 Å². The molecule has 0 aliphatic carbocycles. The van der Waals surface area contributed by atoms with E-state index in [-0.39, 0.29) is 18.9 Å². The molecule has 0 aliphatic heterocycles. The maximum Gasteiger partial charge on any atom is 0.324 e. The van der Waals surface area contributed by atoms with Crippen molar-refractivity contribution in [1.82, 2.24) is 0 Å². The van der Waals surface area contributed by atoms with Gasteiger partial charge in [0.15, 0.2) is 5.41 Å². The summed E-state index contributed by atoms with van der Waals surface area (Å²) in [5.41, 5.74) is -0.691. The second kappa shape index (κ2) is 7.81. The molecule has 0 radical (unpaired) electrons. The van der Waals surface area contributed by atoms with Gasteiger partial charge in [-0.15, -0.1) is 0 Å². The van der Waals surface area contributed by atoms with E-state index in [0.717, 1.165) is 12.0 Å². The molecule has 0 spiro atoms. The van der Waals surface area contributed by atoms with Gasteiger partial charge in [-0.25, -0.2) is 0 Å². The molecule has 0 bridgehead atoms. The summed E-state index contributed by atoms with van der Waals surface area (Å²) < 4.78 is 5.09. The normalized spacial score (nSPS) is 15.0. The van der Waals surface area contributed by atoms with Crippen LogP contribution in [0.4, 0.5) is 0 Å². The van der Waals surface area contributed by atoms with Crippen molar-refractivity contribution in [2.45, 2.75) is 40.0 Å². The van der Waals surface area contributed by atoms with Crippen molar-refractivity contribution in [1.29, 1.82) is 0 Å². The van der Waals surface area contributed by atoms with Gasteiger partial charge >= 0.3 is 11.9 Å². The van der Waals surface area contributed by atoms with Gasteiger partial charge in [-0.05, 0) is 31.2 Å². The van der Waals surface area contributed by atoms with Gasteiger partial charge < -0.3 is 9.84 Å². The van der Waals surface area contributed by atoms with Gasteiger partial charge in [0.25, 0.3) is 0 Å². The van der Waals surface area contributed by atoms with Crippen molar-refractivity contribution in [2.24, 2.45) is 11.3 Å². The molecule has 2 atom stereocenters. The summed E-state index contributed by atoms with van der Waals surface area (Å²) in [4.78, 5) is 24.4. The van der Waals surface area contributed by atoms with E-state index in [1.807, 2.05) is 44.2 Å². The van der Waals surface area contributed by atoms with Crippen LogP contribution in [-0.4, -0.2) is 23.7 Å². The molecule has 0 amide bonds. The van der Waals surface area contributed by atoms with E-state index in [2.05, 4.69) is 0 Å². The maximum atomic E-state index is 12.4. The number of carbonyl (C=O) groups is 2. The molecule has 0 fully saturated rings. The molecule has 0 saturated heterocycles. The molecule has 4 heteroatoms. The average Bonchev–Trinajstić information content (AvgIpc) is 2.45. The third-order valence-corrected chi connectivity index (χ3v) is 3.91. The van der Waals surface area contributed by atoms with E-state index in [1.54, 1.807) is 6.92 Å². The number of hydrogen-bond donors (Lipinski definition) is 1. The second-order valence-corrected chi connectivity index (χ2v) is 5.35. The lowest BCUT2D eigenvalue weighted by atomic mass is 9.70. The maximum absolute atomic E-state index is 12.4. The lowest BCUT2D eigenvalue weighted by Crippen LogP contribution is -2.47. The zero-order valence-corrected chi connectivity index (χ0v) is 13.0. The van der Waals surface area contributed by atoms with E-state index in [9.17, 15) is 14.7 Å². The molecule has 4 nitrogen and oxygen atoms in total. The predicted octanol–water partition coefficient (Wildman–Crippen LogP) is 3.30. The van der Waals surface area contributed by atoms with Crippen molar-refractivity contribution in [2.75, 3.05) is 6.61 Å². The molecule has 0 saturated carbocycles. The summed E-state index contributed by atoms with van der Waals surface area (Å²) in [6, 6.07) is 9.24. The summed E-state index contributed by atoms with van der Waals surface area (Å²) in [5.74, 6) is -2.03. The van der Waals surface area contributed by atoms with Crippen molar-refractivity contribution >= 4 is 11.9 Å². The van der Waals surface area contributed by atoms with E-state index in [4.69, 9.17) is 4.74 Å². The van der Waals surface area contributed by atoms with Crippen LogP contribution in [-0.2, 0) is 20.7 Å². The molecule has 1 N–H and O–H groups in total. The smallest absolute Gasteiger partial charge is 0.324 e. The van der Waals surface area contributed by atoms with Gasteiger partial charge in [-0.2, -0.15) is 0 Å². The highest BCUT2D eigenvalue weighted by Gasteiger charge is 2.51. The first-order chi connectivity index (χ1) is 9.98. The molecule has 116 valence electrons. The van der Waals surface area contributed by atoms with Crippen LogP contribution in [0.2, 0.25) is 0 Å². The molecule has 0 aromatic heterocycles. The van der Waals surface area contributed by atoms with Crippen LogP contribution in [0.3, 0.4) is 0 Å². The highest BCUT2D eigenvalue weighted by atomic mass is 16.5. The van der Waals surface area contributed by atoms with Gasteiger partial charge in [-0.3, -0.25) is 9.59 Å². The summed E-state index contributed by atoms with van der Waals surface area (Å²) >= 11 is 0. The first-order valence-corrected chi connectivity index (χ1v) is 7.43. The summed E-state index contributed by atoms with van der Waals surface area (Å²) in [6.45, 7) is 5.67. The number of ether oxygens (including phenoxy) is 1. The van der Waals surface area contributed by atoms with Crippen molar-refractivity contribution in [3.05, 3.63) is 35.9 Å². The number of esters is 1. The van der Waals surface area contributed by atoms with Crippen molar-refractivity contribution < 1.29 is 19.4 Å². The average molecular weight is 292 g/mol. The van der Waals surface area contributed by atoms with Crippen molar-refractivity contribution in [3.63, 3.8) is 0 Å². The first-order valence-electron chi connectivity index (χ1n) is 7.43. The lowest BCUT2D eigenvalue weighted by molar-refractivity contribution is -0.173. The fourth-order valence-electron chi connectivity index (χ4n) is 2.68. The molecule has 1 rings (SSSR count). The van der Waals surface area contributed by atoms with Crippen LogP contribution in [0.15, 0.2) is 30.3 Å². The lowest BCUT2D eigenvalue weighted by Gasteiger charge is -2.33. The molecule has 1 aromatic rings. The quantitative estimate of drug-likeness (QED) is 0.590. The third-order valence-electron chi connectivity index (χ3n) is 3.91. The van der Waals surface area contributed by atoms with Gasteiger partial charge in [0.2, 0.25) is 0 Å². The van der Waals surface area contributed by atoms with E-state index < -0.39 is 17.4 Å². The topological polar surface area (TPSA) is 63.6 Å².